The van der Waals surface area contributed by atoms with Gasteiger partial charge in [0.05, 0.1) is 0 Å². The highest BCUT2D eigenvalue weighted by molar-refractivity contribution is 9.25. The van der Waals surface area contributed by atoms with Gasteiger partial charge in [-0.05, 0) is 38.8 Å². The second kappa shape index (κ2) is 3.13. The van der Waals surface area contributed by atoms with Gasteiger partial charge < -0.3 is 0 Å². The van der Waals surface area contributed by atoms with Crippen molar-refractivity contribution in [3.8, 4) is 0 Å². The Hall–Kier alpha value is 1.02. The lowest BCUT2D eigenvalue weighted by molar-refractivity contribution is 0.316. The molecule has 0 heterocycles. The van der Waals surface area contributed by atoms with Crippen LogP contribution < -0.4 is 0 Å². The minimum absolute atomic E-state index is 0.335. The molecule has 0 aromatic rings. The average molecular weight is 250 g/mol. The van der Waals surface area contributed by atoms with Gasteiger partial charge >= 0.3 is 8.69 Å². The summed E-state index contributed by atoms with van der Waals surface area (Å²) in [5, 5.41) is 0. The first kappa shape index (κ1) is 8.02. The van der Waals surface area contributed by atoms with E-state index in [2.05, 4.69) is 36.4 Å². The van der Waals surface area contributed by atoms with Crippen LogP contribution in [0.25, 0.3) is 0 Å². The Balaban J connectivity index is 3.34. The maximum absolute atomic E-state index is 9.64. The van der Waals surface area contributed by atoms with Gasteiger partial charge in [-0.15, -0.1) is 0 Å². The molecule has 7 heavy (non-hydrogen) atoms. The average Bonchev–Trinajstić information content (AvgIpc) is 1.30. The number of hydrogen-bond donors (Lipinski definition) is 0. The molecule has 5 heteroatoms. The number of halogens is 2. The molecule has 0 rings (SSSR count). The minimum Gasteiger partial charge on any atom is -0.265 e. The van der Waals surface area contributed by atoms with Crippen molar-refractivity contribution < 1.29 is 9.09 Å². The highest BCUT2D eigenvalue weighted by atomic mass is 79.9. The molecule has 42 valence electrons. The van der Waals surface area contributed by atoms with Gasteiger partial charge in [0.1, 0.15) is 0 Å². The Morgan fingerprint density at radius 1 is 1.71 bits per heavy atom. The molecule has 0 amide bonds. The molecule has 0 unspecified atom stereocenters. The van der Waals surface area contributed by atoms with Crippen molar-refractivity contribution in [2.24, 2.45) is 0 Å². The Morgan fingerprint density at radius 3 is 2.14 bits per heavy atom. The summed E-state index contributed by atoms with van der Waals surface area (Å²) in [6.07, 6.45) is 0. The van der Waals surface area contributed by atoms with E-state index in [1.165, 1.54) is 0 Å². The molecule has 0 aliphatic carbocycles. The number of alkyl halides is 2. The van der Waals surface area contributed by atoms with Crippen LogP contribution in [0, 0.1) is 0 Å². The fraction of sp³-hybridized carbons (Fsp3) is 1.00. The molecule has 0 aromatic carbocycles. The third-order valence-electron chi connectivity index (χ3n) is 0.198. The molecule has 0 bridgehead atoms. The standard InChI is InChI=1S/C2H3Br2O2P/c1-2(3,4)6-7-5/h1H3. The van der Waals surface area contributed by atoms with E-state index in [4.69, 9.17) is 0 Å². The van der Waals surface area contributed by atoms with E-state index < -0.39 is 3.42 Å². The van der Waals surface area contributed by atoms with Gasteiger partial charge in [0.15, 0.2) is 3.42 Å². The van der Waals surface area contributed by atoms with Crippen LogP contribution in [-0.2, 0) is 9.09 Å². The molecule has 0 radical (unpaired) electrons. The van der Waals surface area contributed by atoms with Gasteiger partial charge in [0.2, 0.25) is 0 Å². The third kappa shape index (κ3) is 7.02. The molecule has 0 saturated carbocycles. The zero-order valence-electron chi connectivity index (χ0n) is 3.52. The summed E-state index contributed by atoms with van der Waals surface area (Å²) in [6, 6.07) is 0. The highest BCUT2D eigenvalue weighted by Gasteiger charge is 2.14. The van der Waals surface area contributed by atoms with E-state index in [9.17, 15) is 4.57 Å². The predicted molar refractivity (Wildman–Crippen MR) is 35.0 cm³/mol. The van der Waals surface area contributed by atoms with Crippen molar-refractivity contribution in [1.82, 2.24) is 0 Å². The normalized spacial score (nSPS) is 12.4. The Bertz CT molecular complexity index is 68.6. The summed E-state index contributed by atoms with van der Waals surface area (Å²) < 4.78 is 13.5. The summed E-state index contributed by atoms with van der Waals surface area (Å²) in [5.41, 5.74) is 0. The summed E-state index contributed by atoms with van der Waals surface area (Å²) in [7, 11) is -0.335. The van der Waals surface area contributed by atoms with Crippen LogP contribution in [0.5, 0.6) is 0 Å². The molecule has 0 atom stereocenters. The molecule has 0 aromatic heterocycles. The van der Waals surface area contributed by atoms with E-state index in [1.807, 2.05) is 0 Å². The monoisotopic (exact) mass is 248 g/mol. The van der Waals surface area contributed by atoms with Gasteiger partial charge in [0, 0.05) is 0 Å². The molecule has 0 saturated heterocycles. The highest BCUT2D eigenvalue weighted by Crippen LogP contribution is 2.29. The van der Waals surface area contributed by atoms with Crippen molar-refractivity contribution in [3.63, 3.8) is 0 Å². The predicted octanol–water partition coefficient (Wildman–Crippen LogP) is 2.67. The largest absolute Gasteiger partial charge is 0.329 e. The van der Waals surface area contributed by atoms with E-state index in [-0.39, 0.29) is 8.69 Å². The Kier molecular flexibility index (Phi) is 3.58. The van der Waals surface area contributed by atoms with Gasteiger partial charge in [0.25, 0.3) is 0 Å². The van der Waals surface area contributed by atoms with Crippen molar-refractivity contribution in [1.29, 1.82) is 0 Å². The second-order valence-corrected chi connectivity index (χ2v) is 5.40. The van der Waals surface area contributed by atoms with Gasteiger partial charge in [-0.1, -0.05) is 0 Å². The lowest BCUT2D eigenvalue weighted by Gasteiger charge is -2.05. The SMILES string of the molecule is CC(Br)(Br)OP=O. The van der Waals surface area contributed by atoms with Crippen molar-refractivity contribution in [2.75, 3.05) is 0 Å². The topological polar surface area (TPSA) is 26.3 Å². The van der Waals surface area contributed by atoms with Crippen LogP contribution >= 0.6 is 40.5 Å². The van der Waals surface area contributed by atoms with Gasteiger partial charge in [-0.2, -0.15) is 0 Å². The lowest BCUT2D eigenvalue weighted by Crippen LogP contribution is -2.01. The van der Waals surface area contributed by atoms with Crippen molar-refractivity contribution >= 4 is 40.5 Å². The van der Waals surface area contributed by atoms with Crippen LogP contribution in [0.2, 0.25) is 0 Å². The first-order chi connectivity index (χ1) is 3.06. The number of hydrogen-bond acceptors (Lipinski definition) is 2. The summed E-state index contributed by atoms with van der Waals surface area (Å²) >= 11 is 6.05. The first-order valence-corrected chi connectivity index (χ1v) is 3.76. The zero-order chi connectivity index (χ0) is 5.91. The van der Waals surface area contributed by atoms with Crippen molar-refractivity contribution in [3.05, 3.63) is 0 Å². The Morgan fingerprint density at radius 2 is 2.14 bits per heavy atom. The summed E-state index contributed by atoms with van der Waals surface area (Å²) in [4.78, 5) is 0. The van der Waals surface area contributed by atoms with E-state index in [0.29, 0.717) is 0 Å². The Labute approximate surface area is 60.2 Å². The number of rotatable bonds is 2. The smallest absolute Gasteiger partial charge is 0.265 e. The fourth-order valence-corrected chi connectivity index (χ4v) is 0.551. The quantitative estimate of drug-likeness (QED) is 0.556. The van der Waals surface area contributed by atoms with E-state index in [0.717, 1.165) is 0 Å². The summed E-state index contributed by atoms with van der Waals surface area (Å²) in [6.45, 7) is 1.68. The third-order valence-corrected chi connectivity index (χ3v) is 1.46. The van der Waals surface area contributed by atoms with Gasteiger partial charge in [-0.25, -0.2) is 4.57 Å². The van der Waals surface area contributed by atoms with Crippen LogP contribution in [0.1, 0.15) is 6.92 Å². The molecular formula is C2H3Br2O2P. The molecule has 0 N–H and O–H groups in total. The second-order valence-electron chi connectivity index (χ2n) is 0.974. The molecule has 0 fully saturated rings. The van der Waals surface area contributed by atoms with Crippen LogP contribution in [-0.4, -0.2) is 3.42 Å². The first-order valence-electron chi connectivity index (χ1n) is 1.45. The van der Waals surface area contributed by atoms with E-state index >= 15 is 0 Å². The van der Waals surface area contributed by atoms with Crippen LogP contribution in [0.3, 0.4) is 0 Å². The molecule has 2 nitrogen and oxygen atoms in total. The minimum atomic E-state index is -0.649. The molecule has 0 aliphatic rings. The van der Waals surface area contributed by atoms with Crippen LogP contribution in [0.15, 0.2) is 0 Å². The van der Waals surface area contributed by atoms with Gasteiger partial charge in [-0.3, -0.25) is 4.52 Å². The summed E-state index contributed by atoms with van der Waals surface area (Å²) in [5.74, 6) is 0. The lowest BCUT2D eigenvalue weighted by atomic mass is 10.9. The molecule has 0 spiro atoms. The molecule has 0 aliphatic heterocycles. The maximum Gasteiger partial charge on any atom is 0.329 e. The zero-order valence-corrected chi connectivity index (χ0v) is 7.59. The maximum atomic E-state index is 9.64. The molecular weight excluding hydrogens is 247 g/mol. The van der Waals surface area contributed by atoms with E-state index in [1.54, 1.807) is 6.92 Å². The van der Waals surface area contributed by atoms with Crippen LogP contribution in [0.4, 0.5) is 0 Å². The van der Waals surface area contributed by atoms with Crippen molar-refractivity contribution in [2.45, 2.75) is 10.3 Å². The fourth-order valence-electron chi connectivity index (χ4n) is 0.0654.